The van der Waals surface area contributed by atoms with E-state index in [0.29, 0.717) is 25.7 Å². The zero-order chi connectivity index (χ0) is 60.6. The van der Waals surface area contributed by atoms with Crippen LogP contribution in [0.5, 0.6) is 0 Å². The van der Waals surface area contributed by atoms with E-state index in [0.717, 1.165) is 109 Å². The molecule has 0 aromatic heterocycles. The van der Waals surface area contributed by atoms with Crippen molar-refractivity contribution in [3.8, 4) is 0 Å². The molecule has 6 atom stereocenters. The second-order valence-electron chi connectivity index (χ2n) is 23.0. The Kier molecular flexibility index (Phi) is 55.5. The van der Waals surface area contributed by atoms with Crippen molar-refractivity contribution in [2.24, 2.45) is 5.92 Å². The van der Waals surface area contributed by atoms with E-state index < -0.39 is 97.5 Å². The molecule has 0 fully saturated rings. The van der Waals surface area contributed by atoms with Crippen LogP contribution in [0.4, 0.5) is 0 Å². The molecule has 0 heterocycles. The molecule has 17 nitrogen and oxygen atoms in total. The van der Waals surface area contributed by atoms with Gasteiger partial charge < -0.3 is 33.8 Å². The van der Waals surface area contributed by atoms with E-state index in [4.69, 9.17) is 37.0 Å². The molecule has 0 aliphatic heterocycles. The van der Waals surface area contributed by atoms with Crippen molar-refractivity contribution >= 4 is 39.5 Å². The average molecular weight is 1210 g/mol. The number of hydrogen-bond donors (Lipinski definition) is 3. The summed E-state index contributed by atoms with van der Waals surface area (Å²) >= 11 is 0. The predicted molar refractivity (Wildman–Crippen MR) is 326 cm³/mol. The lowest BCUT2D eigenvalue weighted by Crippen LogP contribution is -2.30. The Morgan fingerprint density at radius 3 is 0.866 bits per heavy atom. The van der Waals surface area contributed by atoms with Crippen LogP contribution in [0.15, 0.2) is 0 Å². The van der Waals surface area contributed by atoms with E-state index >= 15 is 0 Å². The second-order valence-corrected chi connectivity index (χ2v) is 25.9. The molecule has 0 aromatic rings. The summed E-state index contributed by atoms with van der Waals surface area (Å²) in [6, 6.07) is 0. The van der Waals surface area contributed by atoms with Gasteiger partial charge in [-0.25, -0.2) is 9.13 Å². The lowest BCUT2D eigenvalue weighted by Gasteiger charge is -2.21. The van der Waals surface area contributed by atoms with Crippen LogP contribution in [0.3, 0.4) is 0 Å². The Morgan fingerprint density at radius 1 is 0.341 bits per heavy atom. The van der Waals surface area contributed by atoms with Crippen LogP contribution in [-0.4, -0.2) is 96.7 Å². The van der Waals surface area contributed by atoms with Gasteiger partial charge in [0.2, 0.25) is 0 Å². The number of carbonyl (C=O) groups is 4. The van der Waals surface area contributed by atoms with Crippen LogP contribution in [0.25, 0.3) is 0 Å². The smallest absolute Gasteiger partial charge is 0.462 e. The van der Waals surface area contributed by atoms with E-state index in [9.17, 15) is 43.2 Å². The third kappa shape index (κ3) is 55.9. The van der Waals surface area contributed by atoms with Crippen molar-refractivity contribution in [1.82, 2.24) is 0 Å². The number of hydrogen-bond acceptors (Lipinski definition) is 15. The fourth-order valence-corrected chi connectivity index (χ4v) is 11.0. The average Bonchev–Trinajstić information content (AvgIpc) is 3.45. The van der Waals surface area contributed by atoms with Gasteiger partial charge >= 0.3 is 39.5 Å². The number of esters is 4. The Labute approximate surface area is 498 Å². The molecule has 0 spiro atoms. The fraction of sp³-hybridized carbons (Fsp3) is 0.937. The van der Waals surface area contributed by atoms with Crippen molar-refractivity contribution in [2.75, 3.05) is 39.6 Å². The molecule has 82 heavy (non-hydrogen) atoms. The zero-order valence-electron chi connectivity index (χ0n) is 52.6. The van der Waals surface area contributed by atoms with E-state index in [1.165, 1.54) is 128 Å². The summed E-state index contributed by atoms with van der Waals surface area (Å²) in [5, 5.41) is 10.5. The zero-order valence-corrected chi connectivity index (χ0v) is 54.4. The summed E-state index contributed by atoms with van der Waals surface area (Å²) < 4.78 is 67.9. The summed E-state index contributed by atoms with van der Waals surface area (Å²) in [6.45, 7) is 7.12. The Morgan fingerprint density at radius 2 is 0.585 bits per heavy atom. The fourth-order valence-electron chi connectivity index (χ4n) is 9.37. The quantitative estimate of drug-likeness (QED) is 0.0222. The van der Waals surface area contributed by atoms with E-state index in [2.05, 4.69) is 34.6 Å². The number of carbonyl (C=O) groups excluding carboxylic acids is 4. The molecule has 0 rings (SSSR count). The van der Waals surface area contributed by atoms with Crippen LogP contribution in [0.2, 0.25) is 0 Å². The number of aliphatic hydroxyl groups is 1. The maximum atomic E-state index is 13.0. The molecule has 0 aromatic carbocycles. The maximum absolute atomic E-state index is 13.0. The highest BCUT2D eigenvalue weighted by Crippen LogP contribution is 2.45. The first-order chi connectivity index (χ1) is 39.6. The van der Waals surface area contributed by atoms with Crippen molar-refractivity contribution in [3.05, 3.63) is 0 Å². The van der Waals surface area contributed by atoms with Crippen molar-refractivity contribution in [3.63, 3.8) is 0 Å². The van der Waals surface area contributed by atoms with Gasteiger partial charge in [-0.1, -0.05) is 266 Å². The normalized spacial score (nSPS) is 14.6. The minimum Gasteiger partial charge on any atom is -0.462 e. The molecule has 0 bridgehead atoms. The van der Waals surface area contributed by atoms with Crippen LogP contribution in [0, 0.1) is 5.92 Å². The number of rotatable bonds is 63. The van der Waals surface area contributed by atoms with Gasteiger partial charge in [0.15, 0.2) is 12.2 Å². The van der Waals surface area contributed by atoms with Crippen LogP contribution < -0.4 is 0 Å². The van der Waals surface area contributed by atoms with Crippen LogP contribution in [-0.2, 0) is 65.4 Å². The number of phosphoric acid groups is 2. The number of ether oxygens (including phenoxy) is 4. The highest BCUT2D eigenvalue weighted by Gasteiger charge is 2.30. The molecule has 19 heteroatoms. The van der Waals surface area contributed by atoms with Crippen molar-refractivity contribution in [2.45, 2.75) is 335 Å². The Hall–Kier alpha value is -1.94. The summed E-state index contributed by atoms with van der Waals surface area (Å²) in [7, 11) is -9.88. The lowest BCUT2D eigenvalue weighted by molar-refractivity contribution is -0.161. The molecule has 486 valence electrons. The molecule has 0 amide bonds. The molecular weight excluding hydrogens is 1090 g/mol. The molecule has 3 unspecified atom stereocenters. The Bertz CT molecular complexity index is 1600. The first-order valence-electron chi connectivity index (χ1n) is 33.2. The molecular formula is C63H122O17P2. The first kappa shape index (κ1) is 80.1. The molecule has 3 N–H and O–H groups in total. The van der Waals surface area contributed by atoms with E-state index in [1.807, 2.05) is 0 Å². The van der Waals surface area contributed by atoms with Gasteiger partial charge in [0.25, 0.3) is 0 Å². The number of unbranched alkanes of at least 4 members (excludes halogenated alkanes) is 34. The first-order valence-corrected chi connectivity index (χ1v) is 36.2. The second kappa shape index (κ2) is 56.8. The standard InChI is InChI=1S/C63H122O17P2/c1-6-10-13-16-19-22-24-25-26-27-29-32-39-44-49-63(68)80-59(53-74-61(66)47-42-37-34-33-35-40-45-56(5)9-4)55-78-82(71,72)76-51-57(64)50-75-81(69,70)77-54-58(52-73-60(65)46-41-36-30-21-18-15-12-8-3)79-62(67)48-43-38-31-28-23-20-17-14-11-7-2/h56-59,64H,6-55H2,1-5H3,(H,69,70)(H,71,72)/t56?,57-,58+,59+/m0/s1. The van der Waals surface area contributed by atoms with Gasteiger partial charge in [0.05, 0.1) is 26.4 Å². The molecule has 0 aliphatic carbocycles. The molecule has 0 radical (unpaired) electrons. The van der Waals surface area contributed by atoms with E-state index in [-0.39, 0.29) is 25.7 Å². The summed E-state index contributed by atoms with van der Waals surface area (Å²) in [6.07, 6.45) is 40.3. The third-order valence-corrected chi connectivity index (χ3v) is 16.8. The SMILES string of the molecule is CCCCCCCCCCCCCCCCC(=O)O[C@H](COC(=O)CCCCCCCCC(C)CC)COP(=O)(O)OC[C@@H](O)COP(=O)(O)OC[C@@H](COC(=O)CCCCCCCCCC)OC(=O)CCCCCCCCCCCC. The third-order valence-electron chi connectivity index (χ3n) is 14.9. The summed E-state index contributed by atoms with van der Waals surface area (Å²) in [4.78, 5) is 72.1. The minimum absolute atomic E-state index is 0.106. The highest BCUT2D eigenvalue weighted by molar-refractivity contribution is 7.47. The van der Waals surface area contributed by atoms with Gasteiger partial charge in [-0.3, -0.25) is 37.3 Å². The largest absolute Gasteiger partial charge is 0.472 e. The van der Waals surface area contributed by atoms with Gasteiger partial charge in [-0.15, -0.1) is 0 Å². The number of aliphatic hydroxyl groups excluding tert-OH is 1. The van der Waals surface area contributed by atoms with Gasteiger partial charge in [-0.2, -0.15) is 0 Å². The number of phosphoric ester groups is 2. The predicted octanol–water partition coefficient (Wildman–Crippen LogP) is 17.4. The van der Waals surface area contributed by atoms with Crippen LogP contribution >= 0.6 is 15.6 Å². The minimum atomic E-state index is -4.94. The van der Waals surface area contributed by atoms with Gasteiger partial charge in [-0.05, 0) is 31.6 Å². The summed E-state index contributed by atoms with van der Waals surface area (Å²) in [5.41, 5.74) is 0. The molecule has 0 aliphatic rings. The van der Waals surface area contributed by atoms with Crippen molar-refractivity contribution in [1.29, 1.82) is 0 Å². The maximum Gasteiger partial charge on any atom is 0.472 e. The monoisotopic (exact) mass is 1210 g/mol. The molecule has 0 saturated carbocycles. The lowest BCUT2D eigenvalue weighted by atomic mass is 10.00. The van der Waals surface area contributed by atoms with Gasteiger partial charge in [0.1, 0.15) is 19.3 Å². The molecule has 0 saturated heterocycles. The van der Waals surface area contributed by atoms with Crippen molar-refractivity contribution < 1.29 is 80.2 Å². The van der Waals surface area contributed by atoms with E-state index in [1.54, 1.807) is 0 Å². The topological polar surface area (TPSA) is 237 Å². The van der Waals surface area contributed by atoms with Gasteiger partial charge in [0, 0.05) is 25.7 Å². The Balaban J connectivity index is 5.22. The highest BCUT2D eigenvalue weighted by atomic mass is 31.2. The van der Waals surface area contributed by atoms with Crippen LogP contribution in [0.1, 0.15) is 317 Å². The summed E-state index contributed by atoms with van der Waals surface area (Å²) in [5.74, 6) is -1.40.